The third-order valence-electron chi connectivity index (χ3n) is 2.64. The molecular formula is C13H13N3O3. The Morgan fingerprint density at radius 2 is 1.95 bits per heavy atom. The maximum atomic E-state index is 11.3. The van der Waals surface area contributed by atoms with Crippen molar-refractivity contribution in [3.63, 3.8) is 0 Å². The summed E-state index contributed by atoms with van der Waals surface area (Å²) in [5.74, 6) is -0.881. The van der Waals surface area contributed by atoms with Crippen LogP contribution in [-0.2, 0) is 11.3 Å². The number of esters is 1. The molecule has 0 fully saturated rings. The normalized spacial score (nSPS) is 10.2. The lowest BCUT2D eigenvalue weighted by molar-refractivity contribution is 0.0600. The summed E-state index contributed by atoms with van der Waals surface area (Å²) in [4.78, 5) is 22.2. The van der Waals surface area contributed by atoms with Crippen LogP contribution in [0, 0.1) is 0 Å². The minimum Gasteiger partial charge on any atom is -0.465 e. The molecule has 0 aliphatic carbocycles. The van der Waals surface area contributed by atoms with Crippen molar-refractivity contribution in [3.05, 3.63) is 53.3 Å². The molecule has 1 amide bonds. The molecule has 19 heavy (non-hydrogen) atoms. The summed E-state index contributed by atoms with van der Waals surface area (Å²) in [5.41, 5.74) is 6.95. The fourth-order valence-electron chi connectivity index (χ4n) is 1.63. The van der Waals surface area contributed by atoms with Crippen molar-refractivity contribution in [2.24, 2.45) is 5.73 Å². The quantitative estimate of drug-likeness (QED) is 0.823. The molecule has 2 rings (SSSR count). The number of methoxy groups -OCH3 is 1. The molecule has 0 saturated heterocycles. The molecule has 0 atom stereocenters. The van der Waals surface area contributed by atoms with E-state index in [2.05, 4.69) is 9.84 Å². The highest BCUT2D eigenvalue weighted by Gasteiger charge is 2.06. The number of carbonyl (C=O) groups excluding carboxylic acids is 2. The van der Waals surface area contributed by atoms with Crippen LogP contribution in [0.1, 0.15) is 26.3 Å². The maximum Gasteiger partial charge on any atom is 0.337 e. The first-order chi connectivity index (χ1) is 9.10. The molecule has 1 aromatic heterocycles. The highest BCUT2D eigenvalue weighted by Crippen LogP contribution is 2.08. The van der Waals surface area contributed by atoms with E-state index in [0.717, 1.165) is 5.56 Å². The molecule has 0 saturated carbocycles. The van der Waals surface area contributed by atoms with Crippen molar-refractivity contribution in [3.8, 4) is 0 Å². The van der Waals surface area contributed by atoms with Gasteiger partial charge in [0.05, 0.1) is 31.0 Å². The Morgan fingerprint density at radius 3 is 2.47 bits per heavy atom. The van der Waals surface area contributed by atoms with Crippen LogP contribution in [-0.4, -0.2) is 28.8 Å². The molecule has 2 N–H and O–H groups in total. The number of nitrogens with two attached hydrogens (primary N) is 1. The number of rotatable bonds is 4. The number of aromatic nitrogens is 2. The molecule has 0 aliphatic rings. The van der Waals surface area contributed by atoms with Gasteiger partial charge in [-0.3, -0.25) is 9.48 Å². The van der Waals surface area contributed by atoms with Crippen molar-refractivity contribution in [2.45, 2.75) is 6.54 Å². The lowest BCUT2D eigenvalue weighted by Gasteiger charge is -2.03. The van der Waals surface area contributed by atoms with Gasteiger partial charge in [-0.15, -0.1) is 0 Å². The summed E-state index contributed by atoms with van der Waals surface area (Å²) >= 11 is 0. The Morgan fingerprint density at radius 1 is 1.26 bits per heavy atom. The van der Waals surface area contributed by atoms with Crippen molar-refractivity contribution in [1.82, 2.24) is 9.78 Å². The third kappa shape index (κ3) is 2.98. The average molecular weight is 259 g/mol. The zero-order valence-corrected chi connectivity index (χ0v) is 10.4. The van der Waals surface area contributed by atoms with Gasteiger partial charge in [0, 0.05) is 6.20 Å². The van der Waals surface area contributed by atoms with Crippen LogP contribution in [0.3, 0.4) is 0 Å². The van der Waals surface area contributed by atoms with Crippen molar-refractivity contribution >= 4 is 11.9 Å². The van der Waals surface area contributed by atoms with E-state index in [1.54, 1.807) is 35.1 Å². The van der Waals surface area contributed by atoms with Gasteiger partial charge in [0.1, 0.15) is 0 Å². The SMILES string of the molecule is COC(=O)c1ccc(Cn2cc(C(N)=O)cn2)cc1. The molecule has 0 unspecified atom stereocenters. The predicted molar refractivity (Wildman–Crippen MR) is 67.6 cm³/mol. The summed E-state index contributed by atoms with van der Waals surface area (Å²) in [7, 11) is 1.34. The van der Waals surface area contributed by atoms with E-state index in [9.17, 15) is 9.59 Å². The fourth-order valence-corrected chi connectivity index (χ4v) is 1.63. The van der Waals surface area contributed by atoms with E-state index in [4.69, 9.17) is 5.73 Å². The van der Waals surface area contributed by atoms with Gasteiger partial charge in [0.15, 0.2) is 0 Å². The van der Waals surface area contributed by atoms with E-state index in [1.807, 2.05) is 0 Å². The number of ether oxygens (including phenoxy) is 1. The van der Waals surface area contributed by atoms with Gasteiger partial charge in [0.2, 0.25) is 0 Å². The summed E-state index contributed by atoms with van der Waals surface area (Å²) in [6, 6.07) is 6.97. The number of nitrogens with zero attached hydrogens (tertiary/aromatic N) is 2. The highest BCUT2D eigenvalue weighted by atomic mass is 16.5. The second kappa shape index (κ2) is 5.34. The van der Waals surface area contributed by atoms with Crippen LogP contribution in [0.4, 0.5) is 0 Å². The van der Waals surface area contributed by atoms with Crippen molar-refractivity contribution in [2.75, 3.05) is 7.11 Å². The Balaban J connectivity index is 2.10. The molecule has 0 spiro atoms. The van der Waals surface area contributed by atoms with Crippen LogP contribution >= 0.6 is 0 Å². The number of amides is 1. The monoisotopic (exact) mass is 259 g/mol. The molecule has 98 valence electrons. The van der Waals surface area contributed by atoms with Crippen molar-refractivity contribution < 1.29 is 14.3 Å². The largest absolute Gasteiger partial charge is 0.465 e. The number of carbonyl (C=O) groups is 2. The minimum absolute atomic E-state index is 0.367. The van der Waals surface area contributed by atoms with Crippen LogP contribution in [0.2, 0.25) is 0 Å². The standard InChI is InChI=1S/C13H13N3O3/c1-19-13(18)10-4-2-9(3-5-10)7-16-8-11(6-15-16)12(14)17/h2-6,8H,7H2,1H3,(H2,14,17). The number of primary amides is 1. The Labute approximate surface area is 109 Å². The molecule has 6 heteroatoms. The van der Waals surface area contributed by atoms with Gasteiger partial charge in [-0.2, -0.15) is 5.10 Å². The molecule has 6 nitrogen and oxygen atoms in total. The first-order valence-corrected chi connectivity index (χ1v) is 5.59. The fraction of sp³-hybridized carbons (Fsp3) is 0.154. The van der Waals surface area contributed by atoms with Gasteiger partial charge in [-0.25, -0.2) is 4.79 Å². The molecule has 0 aliphatic heterocycles. The average Bonchev–Trinajstić information content (AvgIpc) is 2.87. The lowest BCUT2D eigenvalue weighted by atomic mass is 10.1. The smallest absolute Gasteiger partial charge is 0.337 e. The third-order valence-corrected chi connectivity index (χ3v) is 2.64. The molecule has 0 bridgehead atoms. The number of benzene rings is 1. The highest BCUT2D eigenvalue weighted by molar-refractivity contribution is 5.92. The summed E-state index contributed by atoms with van der Waals surface area (Å²) in [6.45, 7) is 0.495. The summed E-state index contributed by atoms with van der Waals surface area (Å²) < 4.78 is 6.22. The van der Waals surface area contributed by atoms with Crippen LogP contribution in [0.15, 0.2) is 36.7 Å². The first-order valence-electron chi connectivity index (χ1n) is 5.59. The second-order valence-electron chi connectivity index (χ2n) is 3.98. The van der Waals surface area contributed by atoms with E-state index < -0.39 is 5.91 Å². The van der Waals surface area contributed by atoms with E-state index in [0.29, 0.717) is 17.7 Å². The zero-order valence-electron chi connectivity index (χ0n) is 10.4. The van der Waals surface area contributed by atoms with Crippen LogP contribution in [0.25, 0.3) is 0 Å². The number of hydrogen-bond acceptors (Lipinski definition) is 4. The Bertz CT molecular complexity index is 602. The van der Waals surface area contributed by atoms with Gasteiger partial charge in [-0.05, 0) is 17.7 Å². The van der Waals surface area contributed by atoms with E-state index in [1.165, 1.54) is 13.3 Å². The Kier molecular flexibility index (Phi) is 3.61. The Hall–Kier alpha value is -2.63. The van der Waals surface area contributed by atoms with Crippen LogP contribution < -0.4 is 5.73 Å². The molecule has 2 aromatic rings. The summed E-state index contributed by atoms with van der Waals surface area (Å²) in [6.07, 6.45) is 3.00. The van der Waals surface area contributed by atoms with Gasteiger partial charge >= 0.3 is 5.97 Å². The van der Waals surface area contributed by atoms with Gasteiger partial charge in [0.25, 0.3) is 5.91 Å². The summed E-state index contributed by atoms with van der Waals surface area (Å²) in [5, 5.41) is 4.03. The lowest BCUT2D eigenvalue weighted by Crippen LogP contribution is -2.09. The zero-order chi connectivity index (χ0) is 13.8. The van der Waals surface area contributed by atoms with Crippen LogP contribution in [0.5, 0.6) is 0 Å². The van der Waals surface area contributed by atoms with E-state index in [-0.39, 0.29) is 5.97 Å². The predicted octanol–water partition coefficient (Wildman–Crippen LogP) is 0.817. The van der Waals surface area contributed by atoms with E-state index >= 15 is 0 Å². The minimum atomic E-state index is -0.507. The first kappa shape index (κ1) is 12.8. The van der Waals surface area contributed by atoms with Crippen molar-refractivity contribution in [1.29, 1.82) is 0 Å². The van der Waals surface area contributed by atoms with Gasteiger partial charge in [-0.1, -0.05) is 12.1 Å². The molecule has 1 heterocycles. The topological polar surface area (TPSA) is 87.2 Å². The van der Waals surface area contributed by atoms with Gasteiger partial charge < -0.3 is 10.5 Å². The maximum absolute atomic E-state index is 11.3. The number of hydrogen-bond donors (Lipinski definition) is 1. The second-order valence-corrected chi connectivity index (χ2v) is 3.98. The molecule has 0 radical (unpaired) electrons. The molecule has 1 aromatic carbocycles. The molecular weight excluding hydrogens is 246 g/mol.